The van der Waals surface area contributed by atoms with E-state index in [1.54, 1.807) is 24.3 Å². The molecule has 142 valence electrons. The van der Waals surface area contributed by atoms with E-state index < -0.39 is 0 Å². The number of rotatable bonds is 4. The first kappa shape index (κ1) is 19.4. The maximum atomic E-state index is 13.2. The average molecular weight is 389 g/mol. The Hall–Kier alpha value is -2.40. The number of anilines is 2. The van der Waals surface area contributed by atoms with Crippen molar-refractivity contribution in [1.82, 2.24) is 0 Å². The molecule has 27 heavy (non-hydrogen) atoms. The summed E-state index contributed by atoms with van der Waals surface area (Å²) in [6.07, 6.45) is 2.56. The number of benzene rings is 2. The summed E-state index contributed by atoms with van der Waals surface area (Å²) in [4.78, 5) is 24.9. The molecule has 1 saturated carbocycles. The van der Waals surface area contributed by atoms with Gasteiger partial charge in [0.25, 0.3) is 0 Å². The van der Waals surface area contributed by atoms with Crippen LogP contribution in [-0.2, 0) is 9.59 Å². The number of nitrogens with one attached hydrogen (secondary N) is 2. The third-order valence-corrected chi connectivity index (χ3v) is 5.25. The van der Waals surface area contributed by atoms with Crippen LogP contribution in [0.5, 0.6) is 0 Å². The quantitative estimate of drug-likeness (QED) is 0.758. The van der Waals surface area contributed by atoms with E-state index in [0.29, 0.717) is 36.4 Å². The molecule has 0 unspecified atom stereocenters. The highest BCUT2D eigenvalue weighted by atomic mass is 35.5. The Balaban J connectivity index is 1.52. The van der Waals surface area contributed by atoms with E-state index in [1.807, 2.05) is 13.0 Å². The molecule has 4 nitrogen and oxygen atoms in total. The van der Waals surface area contributed by atoms with Gasteiger partial charge >= 0.3 is 0 Å². The van der Waals surface area contributed by atoms with Crippen LogP contribution in [0.4, 0.5) is 15.8 Å². The van der Waals surface area contributed by atoms with E-state index >= 15 is 0 Å². The van der Waals surface area contributed by atoms with E-state index in [2.05, 4.69) is 10.6 Å². The molecule has 3 rings (SSSR count). The van der Waals surface area contributed by atoms with Gasteiger partial charge in [-0.05, 0) is 68.5 Å². The van der Waals surface area contributed by atoms with Crippen LogP contribution in [0.25, 0.3) is 0 Å². The number of aryl methyl sites for hydroxylation is 1. The number of carbonyl (C=O) groups is 2. The molecule has 2 amide bonds. The zero-order chi connectivity index (χ0) is 19.4. The lowest BCUT2D eigenvalue weighted by molar-refractivity contribution is -0.125. The molecular formula is C21H22ClFN2O2. The van der Waals surface area contributed by atoms with E-state index in [4.69, 9.17) is 11.6 Å². The fourth-order valence-electron chi connectivity index (χ4n) is 3.39. The SMILES string of the molecule is Cc1ccc(Cl)cc1NC(=O)C1CCC(C(=O)Nc2cccc(F)c2)CC1. The normalized spacial score (nSPS) is 19.4. The molecule has 0 heterocycles. The monoisotopic (exact) mass is 388 g/mol. The van der Waals surface area contributed by atoms with Crippen LogP contribution in [0.2, 0.25) is 5.02 Å². The summed E-state index contributed by atoms with van der Waals surface area (Å²) in [5, 5.41) is 6.28. The van der Waals surface area contributed by atoms with Crippen molar-refractivity contribution in [1.29, 1.82) is 0 Å². The lowest BCUT2D eigenvalue weighted by Gasteiger charge is -2.27. The van der Waals surface area contributed by atoms with Gasteiger partial charge in [0.2, 0.25) is 11.8 Å². The molecule has 0 radical (unpaired) electrons. The van der Waals surface area contributed by atoms with Crippen molar-refractivity contribution in [3.05, 3.63) is 58.9 Å². The number of halogens is 2. The van der Waals surface area contributed by atoms with Gasteiger partial charge in [0.1, 0.15) is 5.82 Å². The van der Waals surface area contributed by atoms with Gasteiger partial charge in [-0.3, -0.25) is 9.59 Å². The maximum absolute atomic E-state index is 13.2. The van der Waals surface area contributed by atoms with E-state index in [1.165, 1.54) is 12.1 Å². The van der Waals surface area contributed by atoms with Crippen LogP contribution < -0.4 is 10.6 Å². The second-order valence-corrected chi connectivity index (χ2v) is 7.43. The molecule has 1 aliphatic rings. The van der Waals surface area contributed by atoms with Gasteiger partial charge in [0, 0.05) is 28.2 Å². The molecule has 0 bridgehead atoms. The topological polar surface area (TPSA) is 58.2 Å². The van der Waals surface area contributed by atoms with E-state index in [0.717, 1.165) is 11.3 Å². The third-order valence-electron chi connectivity index (χ3n) is 5.02. The molecule has 1 fully saturated rings. The van der Waals surface area contributed by atoms with E-state index in [9.17, 15) is 14.0 Å². The molecule has 0 spiro atoms. The van der Waals surface area contributed by atoms with Gasteiger partial charge in [0.05, 0.1) is 0 Å². The zero-order valence-electron chi connectivity index (χ0n) is 15.1. The largest absolute Gasteiger partial charge is 0.326 e. The lowest BCUT2D eigenvalue weighted by Crippen LogP contribution is -2.32. The first-order valence-electron chi connectivity index (χ1n) is 9.06. The second kappa shape index (κ2) is 8.53. The van der Waals surface area contributed by atoms with Crippen molar-refractivity contribution in [2.45, 2.75) is 32.6 Å². The van der Waals surface area contributed by atoms with Crippen molar-refractivity contribution in [2.75, 3.05) is 10.6 Å². The number of hydrogen-bond donors (Lipinski definition) is 2. The molecule has 2 aromatic rings. The van der Waals surface area contributed by atoms with Crippen molar-refractivity contribution in [2.24, 2.45) is 11.8 Å². The van der Waals surface area contributed by atoms with Crippen LogP contribution in [0.15, 0.2) is 42.5 Å². The summed E-state index contributed by atoms with van der Waals surface area (Å²) in [6, 6.07) is 11.2. The zero-order valence-corrected chi connectivity index (χ0v) is 15.9. The summed E-state index contributed by atoms with van der Waals surface area (Å²) in [7, 11) is 0. The Bertz CT molecular complexity index is 848. The Morgan fingerprint density at radius 3 is 2.22 bits per heavy atom. The lowest BCUT2D eigenvalue weighted by atomic mass is 9.81. The minimum Gasteiger partial charge on any atom is -0.326 e. The van der Waals surface area contributed by atoms with Crippen molar-refractivity contribution in [3.63, 3.8) is 0 Å². The molecule has 1 aliphatic carbocycles. The van der Waals surface area contributed by atoms with Crippen LogP contribution in [0.1, 0.15) is 31.2 Å². The minimum absolute atomic E-state index is 0.0376. The molecule has 6 heteroatoms. The predicted octanol–water partition coefficient (Wildman–Crippen LogP) is 5.17. The molecule has 0 saturated heterocycles. The average Bonchev–Trinajstić information content (AvgIpc) is 2.65. The number of amides is 2. The molecule has 2 aromatic carbocycles. The minimum atomic E-state index is -0.385. The summed E-state index contributed by atoms with van der Waals surface area (Å²) in [6.45, 7) is 1.92. The summed E-state index contributed by atoms with van der Waals surface area (Å²) in [5.74, 6) is -0.828. The highest BCUT2D eigenvalue weighted by Crippen LogP contribution is 2.31. The van der Waals surface area contributed by atoms with Crippen LogP contribution in [0, 0.1) is 24.6 Å². The fraction of sp³-hybridized carbons (Fsp3) is 0.333. The van der Waals surface area contributed by atoms with Crippen LogP contribution in [0.3, 0.4) is 0 Å². The predicted molar refractivity (Wildman–Crippen MR) is 105 cm³/mol. The van der Waals surface area contributed by atoms with Crippen molar-refractivity contribution >= 4 is 34.8 Å². The highest BCUT2D eigenvalue weighted by Gasteiger charge is 2.30. The van der Waals surface area contributed by atoms with Gasteiger partial charge < -0.3 is 10.6 Å². The van der Waals surface area contributed by atoms with Gasteiger partial charge in [-0.2, -0.15) is 0 Å². The maximum Gasteiger partial charge on any atom is 0.227 e. The van der Waals surface area contributed by atoms with Gasteiger partial charge in [-0.25, -0.2) is 4.39 Å². The Kier molecular flexibility index (Phi) is 6.11. The molecule has 2 N–H and O–H groups in total. The second-order valence-electron chi connectivity index (χ2n) is 7.00. The van der Waals surface area contributed by atoms with Crippen molar-refractivity contribution in [3.8, 4) is 0 Å². The third kappa shape index (κ3) is 5.07. The molecular weight excluding hydrogens is 367 g/mol. The Morgan fingerprint density at radius 1 is 0.963 bits per heavy atom. The smallest absolute Gasteiger partial charge is 0.227 e. The first-order valence-corrected chi connectivity index (χ1v) is 9.43. The van der Waals surface area contributed by atoms with Gasteiger partial charge in [-0.15, -0.1) is 0 Å². The molecule has 0 aromatic heterocycles. The Labute approximate surface area is 163 Å². The highest BCUT2D eigenvalue weighted by molar-refractivity contribution is 6.31. The van der Waals surface area contributed by atoms with Crippen LogP contribution in [-0.4, -0.2) is 11.8 Å². The van der Waals surface area contributed by atoms with Crippen molar-refractivity contribution < 1.29 is 14.0 Å². The van der Waals surface area contributed by atoms with Gasteiger partial charge in [0.15, 0.2) is 0 Å². The summed E-state index contributed by atoms with van der Waals surface area (Å²) >= 11 is 6.00. The summed E-state index contributed by atoms with van der Waals surface area (Å²) < 4.78 is 13.2. The number of hydrogen-bond acceptors (Lipinski definition) is 2. The standard InChI is InChI=1S/C21H22ClFN2O2/c1-13-5-10-16(22)11-19(13)25-21(27)15-8-6-14(7-9-15)20(26)24-18-4-2-3-17(23)12-18/h2-5,10-12,14-15H,6-9H2,1H3,(H,24,26)(H,25,27). The fourth-order valence-corrected chi connectivity index (χ4v) is 3.56. The molecule has 0 atom stereocenters. The molecule has 0 aliphatic heterocycles. The number of carbonyl (C=O) groups excluding carboxylic acids is 2. The van der Waals surface area contributed by atoms with E-state index in [-0.39, 0.29) is 29.5 Å². The summed E-state index contributed by atoms with van der Waals surface area (Å²) in [5.41, 5.74) is 2.13. The van der Waals surface area contributed by atoms with Gasteiger partial charge in [-0.1, -0.05) is 23.7 Å². The first-order chi connectivity index (χ1) is 12.9. The van der Waals surface area contributed by atoms with Crippen LogP contribution >= 0.6 is 11.6 Å². The Morgan fingerprint density at radius 2 is 1.59 bits per heavy atom.